The van der Waals surface area contributed by atoms with Crippen LogP contribution in [0.15, 0.2) is 83.9 Å². The highest BCUT2D eigenvalue weighted by molar-refractivity contribution is 8.15. The summed E-state index contributed by atoms with van der Waals surface area (Å²) in [6.45, 7) is 1.76. The topological polar surface area (TPSA) is 99.7 Å². The summed E-state index contributed by atoms with van der Waals surface area (Å²) in [5.41, 5.74) is 2.13. The summed E-state index contributed by atoms with van der Waals surface area (Å²) in [7, 11) is 0. The maximum absolute atomic E-state index is 13.5. The van der Waals surface area contributed by atoms with Crippen LogP contribution in [0.4, 0.5) is 15.8 Å². The molecule has 1 aliphatic rings. The average molecular weight is 491 g/mol. The fourth-order valence-corrected chi connectivity index (χ4v) is 4.46. The molecule has 3 amide bonds. The predicted octanol–water partition coefficient (Wildman–Crippen LogP) is 4.56. The molecule has 1 aliphatic heterocycles. The van der Waals surface area contributed by atoms with Crippen molar-refractivity contribution in [1.82, 2.24) is 10.6 Å². The Bertz CT molecular complexity index is 1280. The molecule has 35 heavy (non-hydrogen) atoms. The van der Waals surface area contributed by atoms with Gasteiger partial charge >= 0.3 is 0 Å². The molecule has 1 saturated heterocycles. The summed E-state index contributed by atoms with van der Waals surface area (Å²) in [6, 6.07) is 21.3. The number of hydrogen-bond donors (Lipinski definition) is 3. The quantitative estimate of drug-likeness (QED) is 0.452. The number of halogens is 1. The van der Waals surface area contributed by atoms with E-state index in [2.05, 4.69) is 20.9 Å². The molecule has 3 aromatic rings. The van der Waals surface area contributed by atoms with Crippen molar-refractivity contribution < 1.29 is 18.8 Å². The minimum absolute atomic E-state index is 0.0443. The van der Waals surface area contributed by atoms with Gasteiger partial charge in [-0.15, -0.1) is 0 Å². The predicted molar refractivity (Wildman–Crippen MR) is 135 cm³/mol. The molecular weight excluding hydrogens is 467 g/mol. The Morgan fingerprint density at radius 3 is 2.60 bits per heavy atom. The van der Waals surface area contributed by atoms with E-state index < -0.39 is 11.3 Å². The Labute approximate surface area is 206 Å². The molecule has 0 aliphatic carbocycles. The van der Waals surface area contributed by atoms with E-state index in [9.17, 15) is 18.8 Å². The Hall–Kier alpha value is -3.98. The lowest BCUT2D eigenvalue weighted by atomic mass is 10.1. The molecule has 0 spiro atoms. The molecule has 2 atom stereocenters. The van der Waals surface area contributed by atoms with E-state index in [0.29, 0.717) is 27.7 Å². The van der Waals surface area contributed by atoms with Crippen molar-refractivity contribution in [2.75, 3.05) is 5.32 Å². The van der Waals surface area contributed by atoms with Gasteiger partial charge in [0.05, 0.1) is 11.7 Å². The van der Waals surface area contributed by atoms with E-state index in [1.165, 1.54) is 23.9 Å². The monoisotopic (exact) mass is 490 g/mol. The third-order valence-electron chi connectivity index (χ3n) is 5.24. The smallest absolute Gasteiger partial charge is 0.251 e. The molecule has 1 heterocycles. The van der Waals surface area contributed by atoms with E-state index in [4.69, 9.17) is 0 Å². The first kappa shape index (κ1) is 24.2. The third-order valence-corrected chi connectivity index (χ3v) is 6.32. The maximum Gasteiger partial charge on any atom is 0.251 e. The Morgan fingerprint density at radius 1 is 1.06 bits per heavy atom. The molecule has 3 aromatic carbocycles. The molecule has 3 N–H and O–H groups in total. The van der Waals surface area contributed by atoms with E-state index in [1.54, 1.807) is 43.3 Å². The van der Waals surface area contributed by atoms with Gasteiger partial charge in [-0.1, -0.05) is 48.2 Å². The van der Waals surface area contributed by atoms with Gasteiger partial charge in [0.15, 0.2) is 5.17 Å². The second-order valence-corrected chi connectivity index (χ2v) is 9.12. The van der Waals surface area contributed by atoms with Crippen LogP contribution in [-0.4, -0.2) is 28.1 Å². The zero-order valence-electron chi connectivity index (χ0n) is 18.8. The number of amides is 3. The van der Waals surface area contributed by atoms with Crippen LogP contribution < -0.4 is 16.0 Å². The number of para-hydroxylation sites is 1. The van der Waals surface area contributed by atoms with E-state index in [1.807, 2.05) is 30.3 Å². The Balaban J connectivity index is 1.34. The molecule has 4 rings (SSSR count). The molecule has 7 nitrogen and oxygen atoms in total. The number of nitrogens with one attached hydrogen (secondary N) is 3. The van der Waals surface area contributed by atoms with Crippen molar-refractivity contribution in [2.24, 2.45) is 4.99 Å². The summed E-state index contributed by atoms with van der Waals surface area (Å²) in [5.74, 6) is -1.37. The number of amidine groups is 1. The largest absolute Gasteiger partial charge is 0.346 e. The van der Waals surface area contributed by atoms with Gasteiger partial charge in [0.2, 0.25) is 11.8 Å². The number of thioether (sulfide) groups is 1. The highest BCUT2D eigenvalue weighted by atomic mass is 32.2. The number of rotatable bonds is 7. The standard InChI is InChI=1S/C26H23FN4O3S/c1-16(17-7-5-9-19(27)13-17)28-24(33)18-8-6-12-21(14-18)29-23(32)15-22-25(34)31-26(35-22)30-20-10-3-2-4-11-20/h2-14,16,22H,15H2,1H3,(H,28,33)(H,29,32)(H,30,31,34)/t16-,22+/m1/s1. The first-order valence-electron chi connectivity index (χ1n) is 10.9. The summed E-state index contributed by atoms with van der Waals surface area (Å²) in [4.78, 5) is 41.9. The van der Waals surface area contributed by atoms with Gasteiger partial charge < -0.3 is 16.0 Å². The van der Waals surface area contributed by atoms with Crippen LogP contribution >= 0.6 is 11.8 Å². The van der Waals surface area contributed by atoms with Crippen molar-refractivity contribution in [1.29, 1.82) is 0 Å². The first-order valence-corrected chi connectivity index (χ1v) is 11.8. The maximum atomic E-state index is 13.5. The second-order valence-electron chi connectivity index (χ2n) is 7.93. The van der Waals surface area contributed by atoms with Gasteiger partial charge in [-0.2, -0.15) is 0 Å². The minimum atomic E-state index is -0.601. The summed E-state index contributed by atoms with van der Waals surface area (Å²) in [6.07, 6.45) is -0.0443. The molecule has 0 aromatic heterocycles. The molecule has 178 valence electrons. The zero-order chi connectivity index (χ0) is 24.8. The normalized spacial score (nSPS) is 17.0. The molecule has 0 radical (unpaired) electrons. The summed E-state index contributed by atoms with van der Waals surface area (Å²) in [5, 5.41) is 8.11. The molecule has 9 heteroatoms. The van der Waals surface area contributed by atoms with Crippen molar-refractivity contribution in [3.8, 4) is 0 Å². The van der Waals surface area contributed by atoms with Crippen molar-refractivity contribution in [3.63, 3.8) is 0 Å². The highest BCUT2D eigenvalue weighted by Gasteiger charge is 2.32. The second kappa shape index (κ2) is 11.0. The summed E-state index contributed by atoms with van der Waals surface area (Å²) < 4.78 is 13.5. The SMILES string of the molecule is C[C@@H](NC(=O)c1cccc(NC(=O)C[C@@H]2SC(=Nc3ccccc3)NC2=O)c1)c1cccc(F)c1. The van der Waals surface area contributed by atoms with Crippen molar-refractivity contribution in [2.45, 2.75) is 24.6 Å². The number of nitrogens with zero attached hydrogens (tertiary/aromatic N) is 1. The number of aliphatic imine (C=N–C) groups is 1. The molecule has 0 bridgehead atoms. The summed E-state index contributed by atoms with van der Waals surface area (Å²) >= 11 is 1.20. The number of carbonyl (C=O) groups excluding carboxylic acids is 3. The van der Waals surface area contributed by atoms with Gasteiger partial charge in [-0.3, -0.25) is 14.4 Å². The molecule has 1 fully saturated rings. The third kappa shape index (κ3) is 6.54. The van der Waals surface area contributed by atoms with Gasteiger partial charge in [-0.25, -0.2) is 9.38 Å². The van der Waals surface area contributed by atoms with Gasteiger partial charge in [0.25, 0.3) is 5.91 Å². The van der Waals surface area contributed by atoms with Crippen LogP contribution in [0, 0.1) is 5.82 Å². The van der Waals surface area contributed by atoms with E-state index in [0.717, 1.165) is 0 Å². The van der Waals surface area contributed by atoms with Crippen molar-refractivity contribution in [3.05, 3.63) is 95.8 Å². The van der Waals surface area contributed by atoms with Crippen LogP contribution in [0.1, 0.15) is 35.3 Å². The molecule has 0 unspecified atom stereocenters. The van der Waals surface area contributed by atoms with Crippen LogP contribution in [0.3, 0.4) is 0 Å². The first-order chi connectivity index (χ1) is 16.9. The lowest BCUT2D eigenvalue weighted by Crippen LogP contribution is -2.28. The van der Waals surface area contributed by atoms with Crippen molar-refractivity contribution >= 4 is 46.0 Å². The highest BCUT2D eigenvalue weighted by Crippen LogP contribution is 2.25. The Morgan fingerprint density at radius 2 is 1.83 bits per heavy atom. The molecular formula is C26H23FN4O3S. The van der Waals surface area contributed by atoms with E-state index in [-0.39, 0.29) is 30.0 Å². The van der Waals surface area contributed by atoms with Crippen LogP contribution in [0.2, 0.25) is 0 Å². The van der Waals surface area contributed by atoms with Crippen LogP contribution in [0.5, 0.6) is 0 Å². The number of anilines is 1. The Kier molecular flexibility index (Phi) is 7.57. The lowest BCUT2D eigenvalue weighted by molar-refractivity contribution is -0.122. The fraction of sp³-hybridized carbons (Fsp3) is 0.154. The molecule has 0 saturated carbocycles. The lowest BCUT2D eigenvalue weighted by Gasteiger charge is -2.15. The van der Waals surface area contributed by atoms with Crippen LogP contribution in [-0.2, 0) is 9.59 Å². The zero-order valence-corrected chi connectivity index (χ0v) is 19.6. The average Bonchev–Trinajstić information content (AvgIpc) is 3.17. The number of carbonyl (C=O) groups is 3. The van der Waals surface area contributed by atoms with Crippen LogP contribution in [0.25, 0.3) is 0 Å². The minimum Gasteiger partial charge on any atom is -0.346 e. The van der Waals surface area contributed by atoms with Gasteiger partial charge in [0, 0.05) is 17.7 Å². The van der Waals surface area contributed by atoms with E-state index >= 15 is 0 Å². The fourth-order valence-electron chi connectivity index (χ4n) is 3.47. The number of hydrogen-bond acceptors (Lipinski definition) is 5. The van der Waals surface area contributed by atoms with Gasteiger partial charge in [-0.05, 0) is 55.0 Å². The number of benzene rings is 3. The van der Waals surface area contributed by atoms with Gasteiger partial charge in [0.1, 0.15) is 11.1 Å².